The first-order valence-electron chi connectivity index (χ1n) is 6.19. The quantitative estimate of drug-likeness (QED) is 0.857. The van der Waals surface area contributed by atoms with Crippen molar-refractivity contribution in [2.75, 3.05) is 20.1 Å². The molecule has 1 aliphatic rings. The second-order valence-corrected chi connectivity index (χ2v) is 4.42. The van der Waals surface area contributed by atoms with Crippen LogP contribution in [0.4, 0.5) is 0 Å². The van der Waals surface area contributed by atoms with Crippen LogP contribution in [0, 0.1) is 0 Å². The summed E-state index contributed by atoms with van der Waals surface area (Å²) in [5.74, 6) is 0.324. The van der Waals surface area contributed by atoms with Gasteiger partial charge in [0.2, 0.25) is 5.76 Å². The standard InChI is InChI=1S/C12H19N3O2/c1-13-7-5-10-4-2-3-9-15(10)12(16)11-6-8-14-17-11/h6,8,10,13H,2-5,7,9H2,1H3. The maximum atomic E-state index is 12.2. The first-order valence-corrected chi connectivity index (χ1v) is 6.19. The Morgan fingerprint density at radius 3 is 3.24 bits per heavy atom. The minimum Gasteiger partial charge on any atom is -0.351 e. The van der Waals surface area contributed by atoms with Gasteiger partial charge >= 0.3 is 0 Å². The third-order valence-corrected chi connectivity index (χ3v) is 3.26. The zero-order valence-electron chi connectivity index (χ0n) is 10.2. The molecule has 2 heterocycles. The van der Waals surface area contributed by atoms with E-state index in [2.05, 4.69) is 10.5 Å². The lowest BCUT2D eigenvalue weighted by atomic mass is 9.99. The molecule has 17 heavy (non-hydrogen) atoms. The van der Waals surface area contributed by atoms with Gasteiger partial charge in [-0.15, -0.1) is 0 Å². The Hall–Kier alpha value is -1.36. The van der Waals surface area contributed by atoms with Crippen molar-refractivity contribution >= 4 is 5.91 Å². The van der Waals surface area contributed by atoms with E-state index in [9.17, 15) is 4.79 Å². The van der Waals surface area contributed by atoms with E-state index in [4.69, 9.17) is 4.52 Å². The summed E-state index contributed by atoms with van der Waals surface area (Å²) in [5.41, 5.74) is 0. The predicted octanol–water partition coefficient (Wildman–Crippen LogP) is 1.28. The summed E-state index contributed by atoms with van der Waals surface area (Å²) in [7, 11) is 1.94. The van der Waals surface area contributed by atoms with Crippen molar-refractivity contribution in [2.24, 2.45) is 0 Å². The Balaban J connectivity index is 2.03. The van der Waals surface area contributed by atoms with Crippen molar-refractivity contribution in [1.29, 1.82) is 0 Å². The van der Waals surface area contributed by atoms with Crippen molar-refractivity contribution < 1.29 is 9.32 Å². The van der Waals surface area contributed by atoms with E-state index >= 15 is 0 Å². The van der Waals surface area contributed by atoms with Gasteiger partial charge in [-0.1, -0.05) is 5.16 Å². The van der Waals surface area contributed by atoms with E-state index in [0.717, 1.165) is 32.4 Å². The predicted molar refractivity (Wildman–Crippen MR) is 63.7 cm³/mol. The lowest BCUT2D eigenvalue weighted by Crippen LogP contribution is -2.44. The zero-order chi connectivity index (χ0) is 12.1. The first kappa shape index (κ1) is 12.1. The minimum atomic E-state index is -0.0247. The van der Waals surface area contributed by atoms with Crippen molar-refractivity contribution in [3.63, 3.8) is 0 Å². The molecule has 1 aromatic rings. The summed E-state index contributed by atoms with van der Waals surface area (Å²) in [6.45, 7) is 1.76. The topological polar surface area (TPSA) is 58.4 Å². The monoisotopic (exact) mass is 237 g/mol. The van der Waals surface area contributed by atoms with Crippen molar-refractivity contribution in [3.05, 3.63) is 18.0 Å². The summed E-state index contributed by atoms with van der Waals surface area (Å²) in [6.07, 6.45) is 5.88. The molecule has 0 aliphatic carbocycles. The molecule has 1 unspecified atom stereocenters. The molecule has 0 spiro atoms. The van der Waals surface area contributed by atoms with Gasteiger partial charge in [0.15, 0.2) is 0 Å². The Kier molecular flexibility index (Phi) is 4.14. The van der Waals surface area contributed by atoms with Crippen LogP contribution in [0.5, 0.6) is 0 Å². The fourth-order valence-corrected chi connectivity index (χ4v) is 2.35. The van der Waals surface area contributed by atoms with Crippen LogP contribution >= 0.6 is 0 Å². The highest BCUT2D eigenvalue weighted by atomic mass is 16.5. The number of hydrogen-bond donors (Lipinski definition) is 1. The van der Waals surface area contributed by atoms with E-state index in [1.807, 2.05) is 11.9 Å². The fourth-order valence-electron chi connectivity index (χ4n) is 2.35. The molecule has 5 nitrogen and oxygen atoms in total. The molecule has 1 saturated heterocycles. The van der Waals surface area contributed by atoms with Crippen LogP contribution in [0.1, 0.15) is 36.2 Å². The number of carbonyl (C=O) groups is 1. The molecular formula is C12H19N3O2. The average molecular weight is 237 g/mol. The minimum absolute atomic E-state index is 0.0247. The van der Waals surface area contributed by atoms with E-state index in [0.29, 0.717) is 11.8 Å². The smallest absolute Gasteiger partial charge is 0.292 e. The number of rotatable bonds is 4. The SMILES string of the molecule is CNCCC1CCCCN1C(=O)c1ccno1. The van der Waals surface area contributed by atoms with Crippen LogP contribution < -0.4 is 5.32 Å². The Bertz CT molecular complexity index is 351. The van der Waals surface area contributed by atoms with E-state index in [1.54, 1.807) is 6.07 Å². The number of likely N-dealkylation sites (tertiary alicyclic amines) is 1. The molecule has 1 fully saturated rings. The lowest BCUT2D eigenvalue weighted by Gasteiger charge is -2.35. The largest absolute Gasteiger partial charge is 0.351 e. The van der Waals surface area contributed by atoms with Crippen LogP contribution in [0.15, 0.2) is 16.8 Å². The molecule has 1 aromatic heterocycles. The number of amides is 1. The van der Waals surface area contributed by atoms with Crippen LogP contribution in [0.25, 0.3) is 0 Å². The Morgan fingerprint density at radius 1 is 1.65 bits per heavy atom. The third kappa shape index (κ3) is 2.85. The van der Waals surface area contributed by atoms with E-state index in [1.165, 1.54) is 12.6 Å². The summed E-state index contributed by atoms with van der Waals surface area (Å²) in [4.78, 5) is 14.1. The summed E-state index contributed by atoms with van der Waals surface area (Å²) in [6, 6.07) is 1.96. The normalized spacial score (nSPS) is 20.5. The molecule has 94 valence electrons. The molecule has 1 atom stereocenters. The Morgan fingerprint density at radius 2 is 2.53 bits per heavy atom. The zero-order valence-corrected chi connectivity index (χ0v) is 10.2. The number of hydrogen-bond acceptors (Lipinski definition) is 4. The van der Waals surface area contributed by atoms with Crippen LogP contribution in [-0.4, -0.2) is 42.1 Å². The fraction of sp³-hybridized carbons (Fsp3) is 0.667. The number of aromatic nitrogens is 1. The van der Waals surface area contributed by atoms with Gasteiger partial charge in [-0.3, -0.25) is 4.79 Å². The highest BCUT2D eigenvalue weighted by molar-refractivity contribution is 5.91. The van der Waals surface area contributed by atoms with E-state index in [-0.39, 0.29) is 5.91 Å². The molecule has 0 saturated carbocycles. The first-order chi connectivity index (χ1) is 8.33. The summed E-state index contributed by atoms with van der Waals surface area (Å²) >= 11 is 0. The molecule has 5 heteroatoms. The number of nitrogens with zero attached hydrogens (tertiary/aromatic N) is 2. The van der Waals surface area contributed by atoms with Crippen LogP contribution in [-0.2, 0) is 0 Å². The van der Waals surface area contributed by atoms with Crippen molar-refractivity contribution in [1.82, 2.24) is 15.4 Å². The summed E-state index contributed by atoms with van der Waals surface area (Å²) in [5, 5.41) is 6.73. The Labute approximate surface area is 101 Å². The van der Waals surface area contributed by atoms with E-state index < -0.39 is 0 Å². The molecule has 0 aromatic carbocycles. The van der Waals surface area contributed by atoms with Gasteiger partial charge in [-0.2, -0.15) is 0 Å². The molecule has 0 bridgehead atoms. The second-order valence-electron chi connectivity index (χ2n) is 4.42. The molecule has 1 aliphatic heterocycles. The lowest BCUT2D eigenvalue weighted by molar-refractivity contribution is 0.0560. The molecule has 0 radical (unpaired) electrons. The van der Waals surface area contributed by atoms with Gasteiger partial charge in [-0.05, 0) is 39.3 Å². The van der Waals surface area contributed by atoms with Crippen molar-refractivity contribution in [3.8, 4) is 0 Å². The highest BCUT2D eigenvalue weighted by Gasteiger charge is 2.28. The van der Waals surface area contributed by atoms with Crippen molar-refractivity contribution in [2.45, 2.75) is 31.7 Å². The second kappa shape index (κ2) is 5.82. The third-order valence-electron chi connectivity index (χ3n) is 3.26. The molecule has 1 amide bonds. The van der Waals surface area contributed by atoms with Crippen LogP contribution in [0.2, 0.25) is 0 Å². The highest BCUT2D eigenvalue weighted by Crippen LogP contribution is 2.21. The van der Waals surface area contributed by atoms with Gasteiger partial charge in [-0.25, -0.2) is 0 Å². The summed E-state index contributed by atoms with van der Waals surface area (Å²) < 4.78 is 4.94. The van der Waals surface area contributed by atoms with Gasteiger partial charge in [0.05, 0.1) is 6.20 Å². The number of carbonyl (C=O) groups excluding carboxylic acids is 1. The van der Waals surface area contributed by atoms with Crippen LogP contribution in [0.3, 0.4) is 0 Å². The average Bonchev–Trinajstić information content (AvgIpc) is 2.89. The number of nitrogens with one attached hydrogen (secondary N) is 1. The maximum absolute atomic E-state index is 12.2. The maximum Gasteiger partial charge on any atom is 0.292 e. The van der Waals surface area contributed by atoms with Gasteiger partial charge < -0.3 is 14.7 Å². The number of piperidine rings is 1. The van der Waals surface area contributed by atoms with Gasteiger partial charge in [0.1, 0.15) is 0 Å². The van der Waals surface area contributed by atoms with Gasteiger partial charge in [0, 0.05) is 18.7 Å². The molecular weight excluding hydrogens is 218 g/mol. The molecule has 1 N–H and O–H groups in total. The molecule has 2 rings (SSSR count). The van der Waals surface area contributed by atoms with Gasteiger partial charge in [0.25, 0.3) is 5.91 Å².